The molecule has 1 amide bonds. The number of nitrogens with one attached hydrogen (secondary N) is 2. The maximum atomic E-state index is 13.7. The van der Waals surface area contributed by atoms with Gasteiger partial charge in [0, 0.05) is 25.7 Å². The third-order valence-corrected chi connectivity index (χ3v) is 7.63. The van der Waals surface area contributed by atoms with Crippen LogP contribution in [0.2, 0.25) is 0 Å². The van der Waals surface area contributed by atoms with Crippen LogP contribution in [0, 0.1) is 5.41 Å². The summed E-state index contributed by atoms with van der Waals surface area (Å²) in [7, 11) is 3.09. The zero-order chi connectivity index (χ0) is 27.2. The zero-order valence-electron chi connectivity index (χ0n) is 22.4. The number of hydrogen-bond donors (Lipinski definition) is 2. The van der Waals surface area contributed by atoms with Crippen molar-refractivity contribution in [1.29, 1.82) is 0 Å². The van der Waals surface area contributed by atoms with Gasteiger partial charge in [-0.1, -0.05) is 60.7 Å². The first-order chi connectivity index (χ1) is 19.0. The quantitative estimate of drug-likeness (QED) is 0.341. The number of anilines is 1. The number of nitrogens with zero attached hydrogens (tertiary/aromatic N) is 2. The number of H-pyrrole nitrogens is 1. The summed E-state index contributed by atoms with van der Waals surface area (Å²) in [6, 6.07) is 23.7. The lowest BCUT2D eigenvalue weighted by Crippen LogP contribution is -2.51. The van der Waals surface area contributed by atoms with E-state index in [1.54, 1.807) is 19.2 Å². The molecule has 1 aromatic heterocycles. The average Bonchev–Trinajstić information content (AvgIpc) is 2.97. The highest BCUT2D eigenvalue weighted by Gasteiger charge is 2.41. The molecule has 0 radical (unpaired) electrons. The number of rotatable bonds is 9. The van der Waals surface area contributed by atoms with Crippen molar-refractivity contribution in [3.63, 3.8) is 0 Å². The fraction of sp³-hybridized carbons (Fsp3) is 0.323. The first-order valence-corrected chi connectivity index (χ1v) is 13.3. The maximum absolute atomic E-state index is 13.7. The van der Waals surface area contributed by atoms with Gasteiger partial charge in [0.05, 0.1) is 30.5 Å². The van der Waals surface area contributed by atoms with E-state index in [4.69, 9.17) is 14.5 Å². The molecule has 0 saturated carbocycles. The summed E-state index contributed by atoms with van der Waals surface area (Å²) in [6.45, 7) is 1.79. The highest BCUT2D eigenvalue weighted by molar-refractivity contribution is 5.84. The molecule has 2 heterocycles. The van der Waals surface area contributed by atoms with Gasteiger partial charge in [0.2, 0.25) is 11.9 Å². The van der Waals surface area contributed by atoms with Gasteiger partial charge >= 0.3 is 0 Å². The van der Waals surface area contributed by atoms with Gasteiger partial charge in [-0.3, -0.25) is 14.6 Å². The van der Waals surface area contributed by atoms with Gasteiger partial charge in [-0.2, -0.15) is 0 Å². The first-order valence-electron chi connectivity index (χ1n) is 13.3. The summed E-state index contributed by atoms with van der Waals surface area (Å²) in [4.78, 5) is 36.3. The van der Waals surface area contributed by atoms with E-state index >= 15 is 0 Å². The van der Waals surface area contributed by atoms with Crippen molar-refractivity contribution < 1.29 is 14.3 Å². The molecule has 3 aromatic carbocycles. The third-order valence-electron chi connectivity index (χ3n) is 7.63. The zero-order valence-corrected chi connectivity index (χ0v) is 22.4. The fourth-order valence-electron chi connectivity index (χ4n) is 5.37. The second-order valence-electron chi connectivity index (χ2n) is 10.0. The largest absolute Gasteiger partial charge is 0.493 e. The van der Waals surface area contributed by atoms with Crippen molar-refractivity contribution >= 4 is 22.8 Å². The molecule has 8 heteroatoms. The Morgan fingerprint density at radius 1 is 0.949 bits per heavy atom. The molecule has 8 nitrogen and oxygen atoms in total. The molecular weight excluding hydrogens is 492 g/mol. The number of aromatic amines is 1. The highest BCUT2D eigenvalue weighted by Crippen LogP contribution is 2.37. The van der Waals surface area contributed by atoms with Crippen LogP contribution in [0.1, 0.15) is 24.0 Å². The van der Waals surface area contributed by atoms with Gasteiger partial charge in [0.1, 0.15) is 0 Å². The molecule has 1 saturated heterocycles. The number of aromatic nitrogens is 2. The lowest BCUT2D eigenvalue weighted by atomic mass is 9.73. The Balaban J connectivity index is 1.35. The monoisotopic (exact) mass is 526 g/mol. The van der Waals surface area contributed by atoms with Crippen LogP contribution in [0.25, 0.3) is 10.9 Å². The van der Waals surface area contributed by atoms with Crippen molar-refractivity contribution in [3.8, 4) is 11.5 Å². The van der Waals surface area contributed by atoms with Gasteiger partial charge in [0.25, 0.3) is 5.56 Å². The SMILES string of the molecule is COc1cc2nc(N3CCC(Cc4ccccc4)(C(=O)NCCc4ccccc4)CC3)[nH]c(=O)c2cc1OC. The van der Waals surface area contributed by atoms with Gasteiger partial charge in [-0.15, -0.1) is 0 Å². The number of piperidine rings is 1. The Hall–Kier alpha value is -4.33. The summed E-state index contributed by atoms with van der Waals surface area (Å²) < 4.78 is 10.7. The Morgan fingerprint density at radius 3 is 2.21 bits per heavy atom. The third kappa shape index (κ3) is 5.74. The van der Waals surface area contributed by atoms with E-state index in [0.29, 0.717) is 67.2 Å². The number of ether oxygens (including phenoxy) is 2. The van der Waals surface area contributed by atoms with Gasteiger partial charge in [-0.25, -0.2) is 4.98 Å². The van der Waals surface area contributed by atoms with E-state index in [2.05, 4.69) is 39.5 Å². The van der Waals surface area contributed by atoms with E-state index in [9.17, 15) is 9.59 Å². The van der Waals surface area contributed by atoms with Crippen molar-refractivity contribution in [2.24, 2.45) is 5.41 Å². The molecule has 2 N–H and O–H groups in total. The minimum absolute atomic E-state index is 0.0822. The minimum atomic E-state index is -0.539. The molecule has 4 aromatic rings. The van der Waals surface area contributed by atoms with Gasteiger partial charge < -0.3 is 19.7 Å². The number of methoxy groups -OCH3 is 2. The Bertz CT molecular complexity index is 1480. The van der Waals surface area contributed by atoms with Crippen molar-refractivity contribution in [2.75, 3.05) is 38.8 Å². The van der Waals surface area contributed by atoms with E-state index in [0.717, 1.165) is 12.0 Å². The van der Waals surface area contributed by atoms with Crippen LogP contribution in [0.15, 0.2) is 77.6 Å². The maximum Gasteiger partial charge on any atom is 0.260 e. The number of carbonyl (C=O) groups is 1. The molecule has 0 atom stereocenters. The number of fused-ring (bicyclic) bond motifs is 1. The van der Waals surface area contributed by atoms with Crippen molar-refractivity contribution in [1.82, 2.24) is 15.3 Å². The average molecular weight is 527 g/mol. The molecule has 0 aliphatic carbocycles. The lowest BCUT2D eigenvalue weighted by molar-refractivity contribution is -0.132. The van der Waals surface area contributed by atoms with Crippen molar-refractivity contribution in [3.05, 3.63) is 94.3 Å². The molecule has 202 valence electrons. The normalized spacial score (nSPS) is 14.7. The second kappa shape index (κ2) is 11.6. The summed E-state index contributed by atoms with van der Waals surface area (Å²) >= 11 is 0. The van der Waals surface area contributed by atoms with E-state index in [-0.39, 0.29) is 11.5 Å². The van der Waals surface area contributed by atoms with E-state index in [1.807, 2.05) is 36.4 Å². The Morgan fingerprint density at radius 2 is 1.56 bits per heavy atom. The molecule has 1 aliphatic rings. The number of carbonyl (C=O) groups excluding carboxylic acids is 1. The molecule has 1 fully saturated rings. The smallest absolute Gasteiger partial charge is 0.260 e. The number of hydrogen-bond acceptors (Lipinski definition) is 6. The van der Waals surface area contributed by atoms with Gasteiger partial charge in [-0.05, 0) is 42.9 Å². The van der Waals surface area contributed by atoms with E-state index < -0.39 is 5.41 Å². The molecule has 39 heavy (non-hydrogen) atoms. The molecule has 1 aliphatic heterocycles. The topological polar surface area (TPSA) is 96.5 Å². The molecular formula is C31H34N4O4. The standard InChI is InChI=1S/C31H34N4O4/c1-38-26-19-24-25(20-27(26)39-2)33-30(34-28(24)36)35-17-14-31(15-18-35,21-23-11-7-4-8-12-23)29(37)32-16-13-22-9-5-3-6-10-22/h3-12,19-20H,13-18,21H2,1-2H3,(H,32,37)(H,33,34,36). The second-order valence-corrected chi connectivity index (χ2v) is 10.0. The Kier molecular flexibility index (Phi) is 7.81. The van der Waals surface area contributed by atoms with Crippen LogP contribution in [0.3, 0.4) is 0 Å². The van der Waals surface area contributed by atoms with Crippen LogP contribution in [-0.2, 0) is 17.6 Å². The summed E-state index contributed by atoms with van der Waals surface area (Å²) in [5, 5.41) is 3.65. The lowest BCUT2D eigenvalue weighted by Gasteiger charge is -2.41. The van der Waals surface area contributed by atoms with E-state index in [1.165, 1.54) is 12.7 Å². The van der Waals surface area contributed by atoms with Crippen LogP contribution in [0.5, 0.6) is 11.5 Å². The number of benzene rings is 3. The molecule has 0 spiro atoms. The van der Waals surface area contributed by atoms with Crippen LogP contribution < -0.4 is 25.2 Å². The molecule has 5 rings (SSSR count). The van der Waals surface area contributed by atoms with Crippen LogP contribution in [0.4, 0.5) is 5.95 Å². The Labute approximate surface area is 228 Å². The highest BCUT2D eigenvalue weighted by atomic mass is 16.5. The van der Waals surface area contributed by atoms with Crippen LogP contribution in [-0.4, -0.2) is 49.7 Å². The van der Waals surface area contributed by atoms with Crippen LogP contribution >= 0.6 is 0 Å². The number of amides is 1. The fourth-order valence-corrected chi connectivity index (χ4v) is 5.37. The minimum Gasteiger partial charge on any atom is -0.493 e. The predicted octanol–water partition coefficient (Wildman–Crippen LogP) is 4.13. The summed E-state index contributed by atoms with van der Waals surface area (Å²) in [6.07, 6.45) is 2.74. The predicted molar refractivity (Wildman–Crippen MR) is 153 cm³/mol. The van der Waals surface area contributed by atoms with Gasteiger partial charge in [0.15, 0.2) is 11.5 Å². The molecule has 0 unspecified atom stereocenters. The first kappa shape index (κ1) is 26.3. The summed E-state index contributed by atoms with van der Waals surface area (Å²) in [5.41, 5.74) is 2.09. The van der Waals surface area contributed by atoms with Crippen molar-refractivity contribution in [2.45, 2.75) is 25.7 Å². The summed E-state index contributed by atoms with van der Waals surface area (Å²) in [5.74, 6) is 1.57. The molecule has 0 bridgehead atoms.